The molecule has 1 aliphatic heterocycles. The number of ether oxygens (including phenoxy) is 1. The molecule has 1 saturated heterocycles. The molecule has 1 aliphatic rings. The topological polar surface area (TPSA) is 21.3 Å². The fraction of sp³-hybridized carbons (Fsp3) is 0.600. The average Bonchev–Trinajstić information content (AvgIpc) is 2.46. The number of benzene rings is 1. The van der Waals surface area contributed by atoms with E-state index in [-0.39, 0.29) is 0 Å². The Balaban J connectivity index is 1.97. The average molecular weight is 265 g/mol. The Bertz CT molecular complexity index is 346. The predicted molar refractivity (Wildman–Crippen MR) is 79.5 cm³/mol. The molecule has 0 aliphatic carbocycles. The zero-order valence-corrected chi connectivity index (χ0v) is 12.1. The van der Waals surface area contributed by atoms with Gasteiger partial charge in [-0.05, 0) is 61.4 Å². The van der Waals surface area contributed by atoms with E-state index in [1.807, 2.05) is 0 Å². The predicted octanol–water partition coefficient (Wildman–Crippen LogP) is 3.49. The molecule has 1 heterocycles. The van der Waals surface area contributed by atoms with Gasteiger partial charge in [0, 0.05) is 6.04 Å². The first kappa shape index (κ1) is 13.8. The van der Waals surface area contributed by atoms with Crippen LogP contribution in [0.1, 0.15) is 30.9 Å². The molecule has 2 rings (SSSR count). The number of methoxy groups -OCH3 is 1. The van der Waals surface area contributed by atoms with Crippen LogP contribution in [0.15, 0.2) is 24.3 Å². The summed E-state index contributed by atoms with van der Waals surface area (Å²) in [5, 5.41) is 3.46. The first-order chi connectivity index (χ1) is 8.83. The summed E-state index contributed by atoms with van der Waals surface area (Å²) in [7, 11) is 3.77. The molecule has 0 radical (unpaired) electrons. The van der Waals surface area contributed by atoms with Crippen LogP contribution in [0.5, 0.6) is 5.75 Å². The first-order valence-electron chi connectivity index (χ1n) is 6.72. The Kier molecular flexibility index (Phi) is 5.39. The molecular weight excluding hydrogens is 242 g/mol. The Morgan fingerprint density at radius 1 is 1.28 bits per heavy atom. The van der Waals surface area contributed by atoms with Gasteiger partial charge in [0.05, 0.1) is 7.11 Å². The highest BCUT2D eigenvalue weighted by molar-refractivity contribution is 7.99. The van der Waals surface area contributed by atoms with Gasteiger partial charge in [0.2, 0.25) is 0 Å². The summed E-state index contributed by atoms with van der Waals surface area (Å²) >= 11 is 2.10. The van der Waals surface area contributed by atoms with Gasteiger partial charge < -0.3 is 10.1 Å². The van der Waals surface area contributed by atoms with Crippen LogP contribution in [-0.2, 0) is 0 Å². The maximum atomic E-state index is 5.21. The van der Waals surface area contributed by atoms with Crippen LogP contribution < -0.4 is 10.1 Å². The van der Waals surface area contributed by atoms with E-state index in [1.165, 1.54) is 36.3 Å². The van der Waals surface area contributed by atoms with Crippen molar-refractivity contribution >= 4 is 11.8 Å². The quantitative estimate of drug-likeness (QED) is 0.880. The summed E-state index contributed by atoms with van der Waals surface area (Å²) in [4.78, 5) is 0. The third kappa shape index (κ3) is 3.66. The Morgan fingerprint density at radius 2 is 1.94 bits per heavy atom. The van der Waals surface area contributed by atoms with Crippen LogP contribution in [0.3, 0.4) is 0 Å². The maximum Gasteiger partial charge on any atom is 0.118 e. The van der Waals surface area contributed by atoms with Crippen LogP contribution in [0.25, 0.3) is 0 Å². The van der Waals surface area contributed by atoms with Gasteiger partial charge in [0.25, 0.3) is 0 Å². The van der Waals surface area contributed by atoms with Gasteiger partial charge in [-0.1, -0.05) is 12.1 Å². The van der Waals surface area contributed by atoms with Gasteiger partial charge in [-0.3, -0.25) is 0 Å². The number of nitrogens with one attached hydrogen (secondary N) is 1. The molecule has 0 saturated carbocycles. The van der Waals surface area contributed by atoms with Crippen molar-refractivity contribution in [1.82, 2.24) is 5.32 Å². The molecule has 0 spiro atoms. The minimum absolute atomic E-state index is 0.476. The fourth-order valence-corrected chi connectivity index (χ4v) is 3.78. The number of thioether (sulfide) groups is 1. The second-order valence-electron chi connectivity index (χ2n) is 4.91. The lowest BCUT2D eigenvalue weighted by atomic mass is 9.91. The fourth-order valence-electron chi connectivity index (χ4n) is 2.57. The highest BCUT2D eigenvalue weighted by Crippen LogP contribution is 2.31. The molecular formula is C15H23NOS. The molecule has 1 atom stereocenters. The van der Waals surface area contributed by atoms with Gasteiger partial charge in [-0.2, -0.15) is 11.8 Å². The molecule has 2 nitrogen and oxygen atoms in total. The molecule has 0 bridgehead atoms. The van der Waals surface area contributed by atoms with Crippen molar-refractivity contribution in [2.45, 2.75) is 25.3 Å². The van der Waals surface area contributed by atoms with E-state index in [4.69, 9.17) is 4.74 Å². The van der Waals surface area contributed by atoms with Crippen LogP contribution in [0.2, 0.25) is 0 Å². The van der Waals surface area contributed by atoms with Crippen molar-refractivity contribution in [2.75, 3.05) is 25.7 Å². The van der Waals surface area contributed by atoms with Crippen molar-refractivity contribution in [1.29, 1.82) is 0 Å². The SMILES string of the molecule is CNC(CC1CCSCC1)c1ccc(OC)cc1. The third-order valence-corrected chi connectivity index (χ3v) is 4.83. The summed E-state index contributed by atoms with van der Waals surface area (Å²) in [6.45, 7) is 0. The van der Waals surface area contributed by atoms with E-state index < -0.39 is 0 Å². The van der Waals surface area contributed by atoms with Crippen molar-refractivity contribution in [3.8, 4) is 5.75 Å². The van der Waals surface area contributed by atoms with Crippen molar-refractivity contribution < 1.29 is 4.74 Å². The van der Waals surface area contributed by atoms with Crippen LogP contribution in [-0.4, -0.2) is 25.7 Å². The monoisotopic (exact) mass is 265 g/mol. The number of hydrogen-bond acceptors (Lipinski definition) is 3. The summed E-state index contributed by atoms with van der Waals surface area (Å²) in [6, 6.07) is 8.94. The molecule has 1 aromatic rings. The lowest BCUT2D eigenvalue weighted by Crippen LogP contribution is -2.22. The van der Waals surface area contributed by atoms with Crippen molar-refractivity contribution in [3.63, 3.8) is 0 Å². The second-order valence-corrected chi connectivity index (χ2v) is 6.13. The minimum atomic E-state index is 0.476. The molecule has 1 aromatic carbocycles. The zero-order chi connectivity index (χ0) is 12.8. The van der Waals surface area contributed by atoms with Gasteiger partial charge in [0.1, 0.15) is 5.75 Å². The van der Waals surface area contributed by atoms with E-state index in [0.29, 0.717) is 6.04 Å². The third-order valence-electron chi connectivity index (χ3n) is 3.78. The standard InChI is InChI=1S/C15H23NOS/c1-16-15(11-12-7-9-18-10-8-12)13-3-5-14(17-2)6-4-13/h3-6,12,15-16H,7-11H2,1-2H3. The van der Waals surface area contributed by atoms with Crippen molar-refractivity contribution in [3.05, 3.63) is 29.8 Å². The molecule has 0 amide bonds. The molecule has 1 fully saturated rings. The second kappa shape index (κ2) is 7.05. The number of rotatable bonds is 5. The van der Waals surface area contributed by atoms with E-state index in [9.17, 15) is 0 Å². The van der Waals surface area contributed by atoms with E-state index in [2.05, 4.69) is 48.4 Å². The van der Waals surface area contributed by atoms with Crippen molar-refractivity contribution in [2.24, 2.45) is 5.92 Å². The van der Waals surface area contributed by atoms with Crippen LogP contribution >= 0.6 is 11.8 Å². The zero-order valence-electron chi connectivity index (χ0n) is 11.3. The van der Waals surface area contributed by atoms with Crippen LogP contribution in [0.4, 0.5) is 0 Å². The molecule has 3 heteroatoms. The highest BCUT2D eigenvalue weighted by atomic mass is 32.2. The molecule has 18 heavy (non-hydrogen) atoms. The Morgan fingerprint density at radius 3 is 2.50 bits per heavy atom. The number of hydrogen-bond donors (Lipinski definition) is 1. The highest BCUT2D eigenvalue weighted by Gasteiger charge is 2.19. The largest absolute Gasteiger partial charge is 0.497 e. The Labute approximate surface area is 114 Å². The van der Waals surface area contributed by atoms with Gasteiger partial charge in [-0.25, -0.2) is 0 Å². The van der Waals surface area contributed by atoms with E-state index in [1.54, 1.807) is 7.11 Å². The van der Waals surface area contributed by atoms with Crippen LogP contribution in [0, 0.1) is 5.92 Å². The van der Waals surface area contributed by atoms with Gasteiger partial charge >= 0.3 is 0 Å². The van der Waals surface area contributed by atoms with Gasteiger partial charge in [0.15, 0.2) is 0 Å². The lowest BCUT2D eigenvalue weighted by molar-refractivity contribution is 0.383. The molecule has 1 N–H and O–H groups in total. The Hall–Kier alpha value is -0.670. The van der Waals surface area contributed by atoms with Gasteiger partial charge in [-0.15, -0.1) is 0 Å². The summed E-state index contributed by atoms with van der Waals surface area (Å²) < 4.78 is 5.21. The smallest absolute Gasteiger partial charge is 0.118 e. The molecule has 1 unspecified atom stereocenters. The summed E-state index contributed by atoms with van der Waals surface area (Å²) in [5.74, 6) is 4.49. The summed E-state index contributed by atoms with van der Waals surface area (Å²) in [6.07, 6.45) is 4.00. The normalized spacial score (nSPS) is 18.6. The summed E-state index contributed by atoms with van der Waals surface area (Å²) in [5.41, 5.74) is 1.37. The minimum Gasteiger partial charge on any atom is -0.497 e. The maximum absolute atomic E-state index is 5.21. The lowest BCUT2D eigenvalue weighted by Gasteiger charge is -2.26. The molecule has 100 valence electrons. The van der Waals surface area contributed by atoms with E-state index >= 15 is 0 Å². The molecule has 0 aromatic heterocycles. The van der Waals surface area contributed by atoms with E-state index in [0.717, 1.165) is 11.7 Å². The first-order valence-corrected chi connectivity index (χ1v) is 7.88.